The van der Waals surface area contributed by atoms with Crippen molar-refractivity contribution in [3.8, 4) is 11.5 Å². The topological polar surface area (TPSA) is 77.8 Å². The molecule has 9 heteroatoms. The van der Waals surface area contributed by atoms with E-state index >= 15 is 0 Å². The number of aryl methyl sites for hydroxylation is 2. The van der Waals surface area contributed by atoms with Crippen molar-refractivity contribution in [1.29, 1.82) is 0 Å². The van der Waals surface area contributed by atoms with Gasteiger partial charge in [0.05, 0.1) is 17.0 Å². The van der Waals surface area contributed by atoms with E-state index in [4.69, 9.17) is 0 Å². The van der Waals surface area contributed by atoms with Crippen LogP contribution in [0.4, 0.5) is 14.5 Å². The number of hydrogen-bond donors (Lipinski definition) is 1. The van der Waals surface area contributed by atoms with Crippen LogP contribution in [-0.2, 0) is 0 Å². The molecule has 25 heavy (non-hydrogen) atoms. The minimum atomic E-state index is -3.70. The molecule has 2 aromatic heterocycles. The smallest absolute Gasteiger partial charge is 0.395 e. The molecule has 0 fully saturated rings. The van der Waals surface area contributed by atoms with Crippen molar-refractivity contribution in [1.82, 2.24) is 14.6 Å². The third-order valence-electron chi connectivity index (χ3n) is 3.75. The SMILES string of the molecule is Cc1cc2ncc(C(=O)Nc3ccc4c(c3)OC(F)(F)O4)c(C)n2n1. The van der Waals surface area contributed by atoms with Crippen LogP contribution < -0.4 is 14.8 Å². The van der Waals surface area contributed by atoms with E-state index in [0.717, 1.165) is 5.69 Å². The van der Waals surface area contributed by atoms with Gasteiger partial charge in [-0.25, -0.2) is 9.50 Å². The predicted molar refractivity (Wildman–Crippen MR) is 83.1 cm³/mol. The molecule has 0 spiro atoms. The Morgan fingerprint density at radius 1 is 1.20 bits per heavy atom. The van der Waals surface area contributed by atoms with Gasteiger partial charge in [0.1, 0.15) is 0 Å². The van der Waals surface area contributed by atoms with Gasteiger partial charge in [-0.05, 0) is 26.0 Å². The Morgan fingerprint density at radius 3 is 2.76 bits per heavy atom. The maximum absolute atomic E-state index is 13.0. The summed E-state index contributed by atoms with van der Waals surface area (Å²) in [6.07, 6.45) is -2.25. The molecule has 1 N–H and O–H groups in total. The van der Waals surface area contributed by atoms with Gasteiger partial charge in [-0.3, -0.25) is 4.79 Å². The summed E-state index contributed by atoms with van der Waals surface area (Å²) in [5.41, 5.74) is 2.64. The lowest BCUT2D eigenvalue weighted by Crippen LogP contribution is -2.25. The Morgan fingerprint density at radius 2 is 1.96 bits per heavy atom. The van der Waals surface area contributed by atoms with Crippen molar-refractivity contribution in [3.05, 3.63) is 47.4 Å². The molecule has 128 valence electrons. The highest BCUT2D eigenvalue weighted by atomic mass is 19.3. The second kappa shape index (κ2) is 5.13. The van der Waals surface area contributed by atoms with E-state index in [0.29, 0.717) is 22.6 Å². The number of carbonyl (C=O) groups is 1. The van der Waals surface area contributed by atoms with Crippen molar-refractivity contribution in [2.45, 2.75) is 20.1 Å². The maximum atomic E-state index is 13.0. The quantitative estimate of drug-likeness (QED) is 0.772. The van der Waals surface area contributed by atoms with Crippen molar-refractivity contribution in [2.75, 3.05) is 5.32 Å². The van der Waals surface area contributed by atoms with Crippen LogP contribution in [0, 0.1) is 13.8 Å². The highest BCUT2D eigenvalue weighted by Gasteiger charge is 2.43. The van der Waals surface area contributed by atoms with Gasteiger partial charge < -0.3 is 14.8 Å². The molecule has 4 rings (SSSR count). The van der Waals surface area contributed by atoms with Crippen LogP contribution in [0.15, 0.2) is 30.5 Å². The normalized spacial score (nSPS) is 14.7. The molecule has 0 bridgehead atoms. The van der Waals surface area contributed by atoms with Crippen molar-refractivity contribution < 1.29 is 23.0 Å². The fourth-order valence-corrected chi connectivity index (χ4v) is 2.61. The van der Waals surface area contributed by atoms with E-state index < -0.39 is 12.2 Å². The lowest BCUT2D eigenvalue weighted by Gasteiger charge is -2.09. The van der Waals surface area contributed by atoms with Gasteiger partial charge in [0.25, 0.3) is 5.91 Å². The van der Waals surface area contributed by atoms with Crippen molar-refractivity contribution in [2.24, 2.45) is 0 Å². The van der Waals surface area contributed by atoms with Gasteiger partial charge in [-0.15, -0.1) is 8.78 Å². The number of hydrogen-bond acceptors (Lipinski definition) is 5. The van der Waals surface area contributed by atoms with Gasteiger partial charge in [-0.1, -0.05) is 0 Å². The van der Waals surface area contributed by atoms with E-state index in [9.17, 15) is 13.6 Å². The Kier molecular flexibility index (Phi) is 3.14. The minimum Gasteiger partial charge on any atom is -0.395 e. The maximum Gasteiger partial charge on any atom is 0.586 e. The van der Waals surface area contributed by atoms with Crippen LogP contribution in [-0.4, -0.2) is 26.8 Å². The standard InChI is InChI=1S/C16H12F2N4O3/c1-8-5-14-19-7-11(9(2)22(14)21-8)15(23)20-10-3-4-12-13(6-10)25-16(17,18)24-12/h3-7H,1-2H3,(H,20,23). The first-order valence-electron chi connectivity index (χ1n) is 7.36. The fourth-order valence-electron chi connectivity index (χ4n) is 2.61. The average molecular weight is 346 g/mol. The summed E-state index contributed by atoms with van der Waals surface area (Å²) in [5.74, 6) is -0.671. The van der Waals surface area contributed by atoms with Crippen molar-refractivity contribution in [3.63, 3.8) is 0 Å². The largest absolute Gasteiger partial charge is 0.586 e. The number of halogens is 2. The molecule has 1 aromatic carbocycles. The van der Waals surface area contributed by atoms with Gasteiger partial charge >= 0.3 is 6.29 Å². The molecule has 0 saturated heterocycles. The number of carbonyl (C=O) groups excluding carboxylic acids is 1. The second-order valence-electron chi connectivity index (χ2n) is 5.60. The number of aromatic nitrogens is 3. The predicted octanol–water partition coefficient (Wildman–Crippen LogP) is 2.92. The molecule has 7 nitrogen and oxygen atoms in total. The number of amides is 1. The monoisotopic (exact) mass is 346 g/mol. The number of rotatable bonds is 2. The number of nitrogens with one attached hydrogen (secondary N) is 1. The van der Waals surface area contributed by atoms with Crippen LogP contribution in [0.2, 0.25) is 0 Å². The number of anilines is 1. The number of ether oxygens (including phenoxy) is 2. The number of benzene rings is 1. The Hall–Kier alpha value is -3.23. The second-order valence-corrected chi connectivity index (χ2v) is 5.60. The number of fused-ring (bicyclic) bond motifs is 2. The molecule has 0 aliphatic carbocycles. The van der Waals surface area contributed by atoms with E-state index in [-0.39, 0.29) is 11.5 Å². The van der Waals surface area contributed by atoms with Gasteiger partial charge in [0, 0.05) is 24.0 Å². The highest BCUT2D eigenvalue weighted by Crippen LogP contribution is 2.42. The zero-order valence-electron chi connectivity index (χ0n) is 13.2. The molecule has 0 saturated carbocycles. The first kappa shape index (κ1) is 15.3. The molecular formula is C16H12F2N4O3. The molecule has 0 unspecified atom stereocenters. The van der Waals surface area contributed by atoms with Crippen LogP contribution in [0.1, 0.15) is 21.7 Å². The lowest BCUT2D eigenvalue weighted by atomic mass is 10.2. The molecule has 1 aliphatic rings. The summed E-state index contributed by atoms with van der Waals surface area (Å²) >= 11 is 0. The molecule has 1 aliphatic heterocycles. The zero-order valence-corrected chi connectivity index (χ0v) is 13.2. The summed E-state index contributed by atoms with van der Waals surface area (Å²) in [6, 6.07) is 5.82. The Labute approximate surface area is 140 Å². The molecule has 1 amide bonds. The van der Waals surface area contributed by atoms with Crippen LogP contribution in [0.5, 0.6) is 11.5 Å². The van der Waals surface area contributed by atoms with Gasteiger partial charge in [0.15, 0.2) is 17.1 Å². The van der Waals surface area contributed by atoms with E-state index in [1.807, 2.05) is 6.92 Å². The highest BCUT2D eigenvalue weighted by molar-refractivity contribution is 6.05. The van der Waals surface area contributed by atoms with E-state index in [2.05, 4.69) is 24.9 Å². The van der Waals surface area contributed by atoms with Gasteiger partial charge in [0.2, 0.25) is 0 Å². The van der Waals surface area contributed by atoms with Crippen LogP contribution in [0.25, 0.3) is 5.65 Å². The Balaban J connectivity index is 1.62. The third-order valence-corrected chi connectivity index (χ3v) is 3.75. The number of alkyl halides is 2. The molecule has 0 atom stereocenters. The summed E-state index contributed by atoms with van der Waals surface area (Å²) < 4.78 is 36.4. The summed E-state index contributed by atoms with van der Waals surface area (Å²) in [4.78, 5) is 16.7. The summed E-state index contributed by atoms with van der Waals surface area (Å²) in [6.45, 7) is 3.58. The molecule has 3 aromatic rings. The molecule has 0 radical (unpaired) electrons. The van der Waals surface area contributed by atoms with Crippen LogP contribution >= 0.6 is 0 Å². The zero-order chi connectivity index (χ0) is 17.8. The third kappa shape index (κ3) is 2.63. The van der Waals surface area contributed by atoms with Crippen LogP contribution in [0.3, 0.4) is 0 Å². The van der Waals surface area contributed by atoms with E-state index in [1.54, 1.807) is 17.5 Å². The van der Waals surface area contributed by atoms with E-state index in [1.165, 1.54) is 24.4 Å². The first-order valence-corrected chi connectivity index (χ1v) is 7.36. The number of nitrogens with zero attached hydrogens (tertiary/aromatic N) is 3. The molecule has 3 heterocycles. The minimum absolute atomic E-state index is 0.0886. The summed E-state index contributed by atoms with van der Waals surface area (Å²) in [7, 11) is 0. The summed E-state index contributed by atoms with van der Waals surface area (Å²) in [5, 5.41) is 6.91. The van der Waals surface area contributed by atoms with Gasteiger partial charge in [-0.2, -0.15) is 5.10 Å². The Bertz CT molecular complexity index is 1020. The fraction of sp³-hybridized carbons (Fsp3) is 0.188. The average Bonchev–Trinajstić information content (AvgIpc) is 3.05. The first-order chi connectivity index (χ1) is 11.8. The lowest BCUT2D eigenvalue weighted by molar-refractivity contribution is -0.286. The van der Waals surface area contributed by atoms with Crippen molar-refractivity contribution >= 4 is 17.2 Å². The molecular weight excluding hydrogens is 334 g/mol.